The fourth-order valence-electron chi connectivity index (χ4n) is 5.11. The minimum absolute atomic E-state index is 0.0201. The SMILES string of the molecule is CN(CCCCN(C)C(=O)CCCCCCC(=O)CON)Cc1c(O)ccc2c(CC(C)(C)C)c(SC(C)(C)C)[nH]c12. The molecule has 0 aliphatic heterocycles. The number of ketones is 1. The van der Waals surface area contributed by atoms with E-state index in [0.717, 1.165) is 69.1 Å². The predicted octanol–water partition coefficient (Wildman–Crippen LogP) is 6.82. The van der Waals surface area contributed by atoms with Crippen LogP contribution in [0.1, 0.15) is 104 Å². The number of H-pyrrole nitrogens is 1. The number of aromatic nitrogens is 1. The lowest BCUT2D eigenvalue weighted by molar-refractivity contribution is -0.130. The van der Waals surface area contributed by atoms with E-state index in [1.54, 1.807) is 0 Å². The van der Waals surface area contributed by atoms with Crippen LogP contribution in [0.4, 0.5) is 0 Å². The maximum absolute atomic E-state index is 12.5. The number of carbonyl (C=O) groups is 2. The average molecular weight is 605 g/mol. The van der Waals surface area contributed by atoms with Crippen molar-refractivity contribution in [2.75, 3.05) is 33.8 Å². The molecule has 0 bridgehead atoms. The number of hydrogen-bond acceptors (Lipinski definition) is 7. The molecule has 0 unspecified atom stereocenters. The highest BCUT2D eigenvalue weighted by Gasteiger charge is 2.25. The topological polar surface area (TPSA) is 112 Å². The van der Waals surface area contributed by atoms with E-state index in [-0.39, 0.29) is 28.5 Å². The summed E-state index contributed by atoms with van der Waals surface area (Å²) in [4.78, 5) is 36.1. The monoisotopic (exact) mass is 604 g/mol. The van der Waals surface area contributed by atoms with E-state index >= 15 is 0 Å². The average Bonchev–Trinajstić information content (AvgIpc) is 3.19. The third-order valence-corrected chi connectivity index (χ3v) is 8.38. The maximum Gasteiger partial charge on any atom is 0.222 e. The minimum Gasteiger partial charge on any atom is -0.508 e. The third-order valence-electron chi connectivity index (χ3n) is 7.22. The lowest BCUT2D eigenvalue weighted by Gasteiger charge is -2.22. The fourth-order valence-corrected chi connectivity index (χ4v) is 6.18. The number of nitrogens with two attached hydrogens (primary N) is 1. The van der Waals surface area contributed by atoms with Gasteiger partial charge < -0.3 is 19.9 Å². The van der Waals surface area contributed by atoms with Crippen molar-refractivity contribution in [3.05, 3.63) is 23.3 Å². The summed E-state index contributed by atoms with van der Waals surface area (Å²) in [5.41, 5.74) is 3.46. The highest BCUT2D eigenvalue weighted by atomic mass is 32.2. The second-order valence-corrected chi connectivity index (χ2v) is 15.7. The summed E-state index contributed by atoms with van der Waals surface area (Å²) >= 11 is 1.86. The Bertz CT molecular complexity index is 1150. The second kappa shape index (κ2) is 16.7. The van der Waals surface area contributed by atoms with Crippen LogP contribution in [0, 0.1) is 5.41 Å². The molecular weight excluding hydrogens is 548 g/mol. The molecule has 2 aromatic rings. The van der Waals surface area contributed by atoms with Gasteiger partial charge in [0.1, 0.15) is 12.4 Å². The normalized spacial score (nSPS) is 12.4. The summed E-state index contributed by atoms with van der Waals surface area (Å²) in [6.07, 6.45) is 7.41. The highest BCUT2D eigenvalue weighted by molar-refractivity contribution is 8.00. The molecule has 0 saturated heterocycles. The standard InChI is InChI=1S/C33H56N4O4S/c1-32(2,3)21-26-25-17-18-28(39)27(30(25)35-31(26)42-33(4,5)6)22-36(7)19-13-14-20-37(8)29(40)16-12-10-9-11-15-24(38)23-41-34/h17-18,35,39H,9-16,19-23,34H2,1-8H3. The number of phenols is 1. The molecule has 0 aliphatic carbocycles. The Hall–Kier alpha value is -2.07. The van der Waals surface area contributed by atoms with Crippen LogP contribution in [0.25, 0.3) is 10.9 Å². The van der Waals surface area contributed by atoms with Gasteiger partial charge in [0.05, 0.1) is 10.5 Å². The second-order valence-electron chi connectivity index (χ2n) is 13.9. The zero-order valence-electron chi connectivity index (χ0n) is 27.4. The first-order chi connectivity index (χ1) is 19.6. The van der Waals surface area contributed by atoms with E-state index in [4.69, 9.17) is 5.90 Å². The Morgan fingerprint density at radius 3 is 2.19 bits per heavy atom. The molecule has 0 fully saturated rings. The molecule has 0 saturated carbocycles. The number of nitrogens with one attached hydrogen (secondary N) is 1. The summed E-state index contributed by atoms with van der Waals surface area (Å²) in [5.74, 6) is 5.44. The van der Waals surface area contributed by atoms with E-state index in [1.165, 1.54) is 16.0 Å². The van der Waals surface area contributed by atoms with Crippen molar-refractivity contribution in [1.29, 1.82) is 0 Å². The van der Waals surface area contributed by atoms with Gasteiger partial charge in [-0.3, -0.25) is 14.4 Å². The van der Waals surface area contributed by atoms with Crippen LogP contribution in [-0.4, -0.2) is 70.1 Å². The van der Waals surface area contributed by atoms with Crippen LogP contribution < -0.4 is 5.90 Å². The summed E-state index contributed by atoms with van der Waals surface area (Å²) in [6.45, 7) is 15.7. The van der Waals surface area contributed by atoms with Crippen LogP contribution in [0.3, 0.4) is 0 Å². The van der Waals surface area contributed by atoms with Crippen molar-refractivity contribution in [2.45, 2.75) is 116 Å². The Morgan fingerprint density at radius 1 is 0.929 bits per heavy atom. The van der Waals surface area contributed by atoms with Crippen molar-refractivity contribution in [1.82, 2.24) is 14.8 Å². The summed E-state index contributed by atoms with van der Waals surface area (Å²) in [7, 11) is 3.97. The summed E-state index contributed by atoms with van der Waals surface area (Å²) < 4.78 is 0.0727. The van der Waals surface area contributed by atoms with Crippen molar-refractivity contribution in [3.8, 4) is 5.75 Å². The lowest BCUT2D eigenvalue weighted by atomic mass is 9.88. The van der Waals surface area contributed by atoms with Gasteiger partial charge in [0.2, 0.25) is 5.91 Å². The number of aromatic hydroxyl groups is 1. The molecule has 0 radical (unpaired) electrons. The van der Waals surface area contributed by atoms with Crippen LogP contribution in [-0.2, 0) is 27.4 Å². The van der Waals surface area contributed by atoms with Gasteiger partial charge in [-0.15, -0.1) is 11.8 Å². The maximum atomic E-state index is 12.5. The third kappa shape index (κ3) is 12.7. The number of benzene rings is 1. The fraction of sp³-hybridized carbons (Fsp3) is 0.697. The smallest absolute Gasteiger partial charge is 0.222 e. The lowest BCUT2D eigenvalue weighted by Crippen LogP contribution is -2.28. The molecular formula is C33H56N4O4S. The molecule has 1 aromatic heterocycles. The number of carbonyl (C=O) groups excluding carboxylic acids is 2. The zero-order chi connectivity index (χ0) is 31.5. The largest absolute Gasteiger partial charge is 0.508 e. The molecule has 0 aliphatic rings. The summed E-state index contributed by atoms with van der Waals surface area (Å²) in [5, 5.41) is 13.3. The Kier molecular flexibility index (Phi) is 14.4. The van der Waals surface area contributed by atoms with Crippen molar-refractivity contribution in [2.24, 2.45) is 11.3 Å². The molecule has 9 heteroatoms. The highest BCUT2D eigenvalue weighted by Crippen LogP contribution is 2.42. The number of phenolic OH excluding ortho intramolecular Hbond substituents is 1. The van der Waals surface area contributed by atoms with Gasteiger partial charge in [0, 0.05) is 48.7 Å². The van der Waals surface area contributed by atoms with Gasteiger partial charge in [-0.1, -0.05) is 54.4 Å². The van der Waals surface area contributed by atoms with Crippen LogP contribution in [0.5, 0.6) is 5.75 Å². The predicted molar refractivity (Wildman–Crippen MR) is 175 cm³/mol. The number of nitrogens with zero attached hydrogens (tertiary/aromatic N) is 2. The Balaban J connectivity index is 1.87. The van der Waals surface area contributed by atoms with Gasteiger partial charge in [-0.05, 0) is 68.8 Å². The molecule has 1 aromatic carbocycles. The number of fused-ring (bicyclic) bond motifs is 1. The molecule has 1 amide bonds. The van der Waals surface area contributed by atoms with Crippen LogP contribution >= 0.6 is 11.8 Å². The number of Topliss-reactive ketones (excluding diaryl/α,β-unsaturated/α-hetero) is 1. The molecule has 4 N–H and O–H groups in total. The summed E-state index contributed by atoms with van der Waals surface area (Å²) in [6, 6.07) is 3.90. The van der Waals surface area contributed by atoms with Crippen molar-refractivity contribution in [3.63, 3.8) is 0 Å². The van der Waals surface area contributed by atoms with Gasteiger partial charge in [-0.2, -0.15) is 0 Å². The molecule has 42 heavy (non-hydrogen) atoms. The molecule has 0 atom stereocenters. The van der Waals surface area contributed by atoms with E-state index in [9.17, 15) is 14.7 Å². The van der Waals surface area contributed by atoms with E-state index in [2.05, 4.69) is 69.4 Å². The number of rotatable bonds is 18. The van der Waals surface area contributed by atoms with E-state index < -0.39 is 0 Å². The zero-order valence-corrected chi connectivity index (χ0v) is 28.2. The van der Waals surface area contributed by atoms with Crippen molar-refractivity contribution < 1.29 is 19.5 Å². The van der Waals surface area contributed by atoms with Crippen molar-refractivity contribution >= 4 is 34.4 Å². The van der Waals surface area contributed by atoms with Gasteiger partial charge in [0.25, 0.3) is 0 Å². The van der Waals surface area contributed by atoms with Gasteiger partial charge in [0.15, 0.2) is 5.78 Å². The first kappa shape index (κ1) is 36.1. The molecule has 2 rings (SSSR count). The number of aromatic amines is 1. The van der Waals surface area contributed by atoms with Crippen LogP contribution in [0.2, 0.25) is 0 Å². The van der Waals surface area contributed by atoms with Gasteiger partial charge >= 0.3 is 0 Å². The quantitative estimate of drug-likeness (QED) is 0.0972. The minimum atomic E-state index is -0.0271. The molecule has 8 nitrogen and oxygen atoms in total. The number of thioether (sulfide) groups is 1. The first-order valence-corrected chi connectivity index (χ1v) is 16.2. The van der Waals surface area contributed by atoms with Gasteiger partial charge in [-0.25, -0.2) is 5.90 Å². The van der Waals surface area contributed by atoms with E-state index in [0.29, 0.717) is 25.1 Å². The number of amides is 1. The Labute approximate surface area is 258 Å². The Morgan fingerprint density at radius 2 is 1.57 bits per heavy atom. The number of hydrogen-bond donors (Lipinski definition) is 3. The molecule has 1 heterocycles. The van der Waals surface area contributed by atoms with Crippen LogP contribution in [0.15, 0.2) is 17.2 Å². The first-order valence-electron chi connectivity index (χ1n) is 15.4. The van der Waals surface area contributed by atoms with E-state index in [1.807, 2.05) is 29.8 Å². The molecule has 238 valence electrons. The number of unbranched alkanes of at least 4 members (excludes halogenated alkanes) is 4. The molecule has 0 spiro atoms.